The summed E-state index contributed by atoms with van der Waals surface area (Å²) in [5.74, 6) is 0.438. The van der Waals surface area contributed by atoms with Crippen molar-refractivity contribution in [2.45, 2.75) is 12.2 Å². The van der Waals surface area contributed by atoms with Crippen LogP contribution in [0.1, 0.15) is 11.1 Å². The standard InChI is InChI=1S/C11H16N2O3S/c1-17(16)7-9-6-10(12)3-2-8(9)4-5-13-11(14)15/h2-3,6,13H,4-5,7,12H2,1H3,(H,14,15). The lowest BCUT2D eigenvalue weighted by Crippen LogP contribution is -2.23. The second-order valence-corrected chi connectivity index (χ2v) is 5.16. The van der Waals surface area contributed by atoms with E-state index in [1.165, 1.54) is 0 Å². The minimum Gasteiger partial charge on any atom is -0.616 e. The summed E-state index contributed by atoms with van der Waals surface area (Å²) in [6, 6.07) is 5.40. The molecule has 1 aromatic carbocycles. The smallest absolute Gasteiger partial charge is 0.404 e. The van der Waals surface area contributed by atoms with Crippen molar-refractivity contribution in [2.24, 2.45) is 0 Å². The molecule has 1 atom stereocenters. The maximum atomic E-state index is 11.2. The highest BCUT2D eigenvalue weighted by atomic mass is 32.2. The first-order chi connectivity index (χ1) is 7.99. The topological polar surface area (TPSA) is 98.4 Å². The summed E-state index contributed by atoms with van der Waals surface area (Å²) >= 11 is -0.942. The molecule has 0 radical (unpaired) electrons. The van der Waals surface area contributed by atoms with E-state index in [1.54, 1.807) is 18.4 Å². The van der Waals surface area contributed by atoms with Crippen LogP contribution in [0.25, 0.3) is 0 Å². The Morgan fingerprint density at radius 1 is 1.53 bits per heavy atom. The van der Waals surface area contributed by atoms with Crippen LogP contribution < -0.4 is 11.1 Å². The summed E-state index contributed by atoms with van der Waals surface area (Å²) in [5, 5.41) is 10.8. The monoisotopic (exact) mass is 256 g/mol. The quantitative estimate of drug-likeness (QED) is 0.539. The van der Waals surface area contributed by atoms with Gasteiger partial charge in [-0.25, -0.2) is 4.79 Å². The number of carbonyl (C=O) groups is 1. The molecule has 4 N–H and O–H groups in total. The van der Waals surface area contributed by atoms with Crippen LogP contribution in [0, 0.1) is 0 Å². The minimum absolute atomic E-state index is 0.336. The van der Waals surface area contributed by atoms with Gasteiger partial charge in [-0.1, -0.05) is 17.2 Å². The molecule has 0 aromatic heterocycles. The lowest BCUT2D eigenvalue weighted by Gasteiger charge is -2.11. The van der Waals surface area contributed by atoms with Gasteiger partial charge in [0.05, 0.1) is 6.26 Å². The van der Waals surface area contributed by atoms with Crippen LogP contribution in [0.4, 0.5) is 10.5 Å². The molecule has 6 heteroatoms. The van der Waals surface area contributed by atoms with E-state index in [0.717, 1.165) is 11.1 Å². The number of nitrogens with one attached hydrogen (secondary N) is 1. The average Bonchev–Trinajstić information content (AvgIpc) is 2.20. The molecule has 0 saturated heterocycles. The van der Waals surface area contributed by atoms with Crippen LogP contribution in [-0.4, -0.2) is 28.6 Å². The van der Waals surface area contributed by atoms with E-state index >= 15 is 0 Å². The molecular weight excluding hydrogens is 240 g/mol. The van der Waals surface area contributed by atoms with E-state index in [4.69, 9.17) is 10.8 Å². The van der Waals surface area contributed by atoms with Crippen molar-refractivity contribution in [1.82, 2.24) is 5.32 Å². The third-order valence-corrected chi connectivity index (χ3v) is 2.98. The largest absolute Gasteiger partial charge is 0.616 e. The van der Waals surface area contributed by atoms with Crippen molar-refractivity contribution in [2.75, 3.05) is 18.5 Å². The van der Waals surface area contributed by atoms with Gasteiger partial charge in [-0.2, -0.15) is 0 Å². The molecule has 1 rings (SSSR count). The predicted molar refractivity (Wildman–Crippen MR) is 68.4 cm³/mol. The van der Waals surface area contributed by atoms with Crippen LogP contribution in [0.3, 0.4) is 0 Å². The Kier molecular flexibility index (Phi) is 5.11. The van der Waals surface area contributed by atoms with E-state index in [-0.39, 0.29) is 0 Å². The first-order valence-electron chi connectivity index (χ1n) is 5.13. The zero-order chi connectivity index (χ0) is 12.8. The molecule has 5 nitrogen and oxygen atoms in total. The Balaban J connectivity index is 2.72. The summed E-state index contributed by atoms with van der Waals surface area (Å²) in [4.78, 5) is 10.3. The molecule has 94 valence electrons. The number of nitrogens with two attached hydrogens (primary N) is 1. The molecule has 0 bridgehead atoms. The van der Waals surface area contributed by atoms with Gasteiger partial charge in [-0.15, -0.1) is 0 Å². The number of rotatable bonds is 5. The maximum absolute atomic E-state index is 11.2. The van der Waals surface area contributed by atoms with Gasteiger partial charge in [0.25, 0.3) is 0 Å². The lowest BCUT2D eigenvalue weighted by atomic mass is 10.1. The first kappa shape index (κ1) is 13.7. The van der Waals surface area contributed by atoms with E-state index in [1.807, 2.05) is 6.07 Å². The summed E-state index contributed by atoms with van der Waals surface area (Å²) in [6.45, 7) is 0.336. The van der Waals surface area contributed by atoms with Crippen molar-refractivity contribution >= 4 is 23.0 Å². The fraction of sp³-hybridized carbons (Fsp3) is 0.364. The minimum atomic E-state index is -1.04. The summed E-state index contributed by atoms with van der Waals surface area (Å²) < 4.78 is 11.2. The summed E-state index contributed by atoms with van der Waals surface area (Å²) in [5.41, 5.74) is 8.19. The number of hydrogen-bond acceptors (Lipinski definition) is 3. The normalized spacial score (nSPS) is 12.1. The van der Waals surface area contributed by atoms with Crippen molar-refractivity contribution in [1.29, 1.82) is 0 Å². The Hall–Kier alpha value is -1.40. The zero-order valence-electron chi connectivity index (χ0n) is 9.60. The van der Waals surface area contributed by atoms with Gasteiger partial charge in [-0.3, -0.25) is 0 Å². The molecule has 0 aliphatic carbocycles. The van der Waals surface area contributed by atoms with Gasteiger partial charge >= 0.3 is 6.09 Å². The third-order valence-electron chi connectivity index (χ3n) is 2.26. The molecule has 1 unspecified atom stereocenters. The zero-order valence-corrected chi connectivity index (χ0v) is 10.4. The molecule has 1 aromatic rings. The van der Waals surface area contributed by atoms with Crippen molar-refractivity contribution in [3.63, 3.8) is 0 Å². The maximum Gasteiger partial charge on any atom is 0.404 e. The molecule has 0 spiro atoms. The highest BCUT2D eigenvalue weighted by molar-refractivity contribution is 7.89. The molecule has 0 saturated carbocycles. The van der Waals surface area contributed by atoms with Gasteiger partial charge in [0.1, 0.15) is 5.75 Å². The SMILES string of the molecule is C[S+]([O-])Cc1cc(N)ccc1CCNC(=O)O. The van der Waals surface area contributed by atoms with E-state index in [0.29, 0.717) is 24.4 Å². The van der Waals surface area contributed by atoms with Crippen LogP contribution in [0.15, 0.2) is 18.2 Å². The Morgan fingerprint density at radius 3 is 2.82 bits per heavy atom. The molecule has 0 aliphatic rings. The van der Waals surface area contributed by atoms with Crippen molar-refractivity contribution in [3.05, 3.63) is 29.3 Å². The number of amides is 1. The Labute approximate surface area is 103 Å². The van der Waals surface area contributed by atoms with Gasteiger partial charge < -0.3 is 20.7 Å². The van der Waals surface area contributed by atoms with Gasteiger partial charge in [0, 0.05) is 17.8 Å². The van der Waals surface area contributed by atoms with E-state index < -0.39 is 17.3 Å². The van der Waals surface area contributed by atoms with Crippen LogP contribution in [-0.2, 0) is 23.3 Å². The number of nitrogen functional groups attached to an aromatic ring is 1. The van der Waals surface area contributed by atoms with Crippen LogP contribution in [0.5, 0.6) is 0 Å². The second kappa shape index (κ2) is 6.36. The van der Waals surface area contributed by atoms with E-state index in [2.05, 4.69) is 5.32 Å². The lowest BCUT2D eigenvalue weighted by molar-refractivity contribution is 0.194. The second-order valence-electron chi connectivity index (χ2n) is 3.73. The van der Waals surface area contributed by atoms with Crippen LogP contribution >= 0.6 is 0 Å². The average molecular weight is 256 g/mol. The fourth-order valence-electron chi connectivity index (χ4n) is 1.55. The van der Waals surface area contributed by atoms with Crippen molar-refractivity contribution in [3.8, 4) is 0 Å². The number of hydrogen-bond donors (Lipinski definition) is 3. The van der Waals surface area contributed by atoms with Gasteiger partial charge in [-0.05, 0) is 24.1 Å². The highest BCUT2D eigenvalue weighted by Gasteiger charge is 2.08. The third kappa shape index (κ3) is 4.97. The first-order valence-corrected chi connectivity index (χ1v) is 6.86. The predicted octanol–water partition coefficient (Wildman–Crippen LogP) is 0.957. The summed E-state index contributed by atoms with van der Waals surface area (Å²) in [7, 11) is 0. The Morgan fingerprint density at radius 2 is 2.24 bits per heavy atom. The van der Waals surface area contributed by atoms with Gasteiger partial charge in [0.15, 0.2) is 0 Å². The molecular formula is C11H16N2O3S. The fourth-order valence-corrected chi connectivity index (χ4v) is 2.25. The number of carboxylic acid groups (broad SMARTS) is 1. The van der Waals surface area contributed by atoms with E-state index in [9.17, 15) is 9.35 Å². The molecule has 17 heavy (non-hydrogen) atoms. The molecule has 1 amide bonds. The van der Waals surface area contributed by atoms with Crippen LogP contribution in [0.2, 0.25) is 0 Å². The van der Waals surface area contributed by atoms with Gasteiger partial charge in [0.2, 0.25) is 0 Å². The molecule has 0 fully saturated rings. The van der Waals surface area contributed by atoms with Crippen molar-refractivity contribution < 1.29 is 14.5 Å². The highest BCUT2D eigenvalue weighted by Crippen LogP contribution is 2.16. The molecule has 0 aliphatic heterocycles. The number of benzene rings is 1. The summed E-state index contributed by atoms with van der Waals surface area (Å²) in [6.07, 6.45) is 1.16. The Bertz CT molecular complexity index is 396. The molecule has 0 heterocycles. The number of anilines is 1.